The zero-order chi connectivity index (χ0) is 24.4. The molecule has 0 radical (unpaired) electrons. The maximum atomic E-state index is 6.34. The molecule has 0 saturated carbocycles. The van der Waals surface area contributed by atoms with Crippen LogP contribution in [0.5, 0.6) is 0 Å². The molecule has 1 heteroatoms. The first-order valence-corrected chi connectivity index (χ1v) is 16.5. The van der Waals surface area contributed by atoms with Crippen molar-refractivity contribution in [3.8, 4) is 0 Å². The molecule has 1 aliphatic rings. The summed E-state index contributed by atoms with van der Waals surface area (Å²) in [7, 11) is 0. The van der Waals surface area contributed by atoms with Crippen LogP contribution in [0.3, 0.4) is 0 Å². The van der Waals surface area contributed by atoms with Gasteiger partial charge in [0.25, 0.3) is 0 Å². The second-order valence-electron chi connectivity index (χ2n) is 11.7. The third kappa shape index (κ3) is 21.3. The van der Waals surface area contributed by atoms with Gasteiger partial charge in [-0.25, -0.2) is 0 Å². The van der Waals surface area contributed by atoms with Gasteiger partial charge in [0.2, 0.25) is 0 Å². The van der Waals surface area contributed by atoms with Gasteiger partial charge in [0.05, 0.1) is 12.2 Å². The van der Waals surface area contributed by atoms with E-state index in [1.165, 1.54) is 186 Å². The van der Waals surface area contributed by atoms with Gasteiger partial charge in [0.1, 0.15) is 0 Å². The zero-order valence-electron chi connectivity index (χ0n) is 24.1. The van der Waals surface area contributed by atoms with E-state index in [0.29, 0.717) is 12.2 Å². The quantitative estimate of drug-likeness (QED) is 0.107. The molecule has 1 nitrogen and oxygen atoms in total. The highest BCUT2D eigenvalue weighted by atomic mass is 16.5. The Labute approximate surface area is 217 Å². The summed E-state index contributed by atoms with van der Waals surface area (Å²) < 4.78 is 6.34. The van der Waals surface area contributed by atoms with Crippen LogP contribution < -0.4 is 0 Å². The Bertz CT molecular complexity index is 379. The summed E-state index contributed by atoms with van der Waals surface area (Å²) in [5, 5.41) is 0. The summed E-state index contributed by atoms with van der Waals surface area (Å²) in [6.45, 7) is 4.61. The van der Waals surface area contributed by atoms with Crippen LogP contribution in [0.4, 0.5) is 0 Å². The van der Waals surface area contributed by atoms with Gasteiger partial charge in [-0.15, -0.1) is 0 Å². The highest BCUT2D eigenvalue weighted by molar-refractivity contribution is 4.73. The van der Waals surface area contributed by atoms with Crippen LogP contribution in [-0.4, -0.2) is 12.2 Å². The number of ether oxygens (including phenoxy) is 1. The van der Waals surface area contributed by atoms with E-state index in [-0.39, 0.29) is 0 Å². The molecule has 0 aromatic rings. The highest BCUT2D eigenvalue weighted by Crippen LogP contribution is 2.27. The normalized spacial score (nSPS) is 18.2. The predicted molar refractivity (Wildman–Crippen MR) is 154 cm³/mol. The number of unbranched alkanes of at least 4 members (excludes halogenated alkanes) is 23. The van der Waals surface area contributed by atoms with Gasteiger partial charge in [-0.2, -0.15) is 0 Å². The minimum Gasteiger partial charge on any atom is -0.375 e. The van der Waals surface area contributed by atoms with Gasteiger partial charge in [-0.05, 0) is 25.7 Å². The Morgan fingerprint density at radius 2 is 0.588 bits per heavy atom. The molecule has 1 fully saturated rings. The summed E-state index contributed by atoms with van der Waals surface area (Å²) in [6, 6.07) is 0. The monoisotopic (exact) mass is 479 g/mol. The fourth-order valence-corrected chi connectivity index (χ4v) is 5.81. The molecular weight excluding hydrogens is 412 g/mol. The number of hydrogen-bond donors (Lipinski definition) is 0. The molecule has 1 heterocycles. The SMILES string of the molecule is CCCCCCCCCCCCCCCCCCCCC1CCC(CCCCCCCCC)O1. The average Bonchev–Trinajstić information content (AvgIpc) is 3.30. The first kappa shape index (κ1) is 32.0. The van der Waals surface area contributed by atoms with Crippen molar-refractivity contribution in [3.63, 3.8) is 0 Å². The van der Waals surface area contributed by atoms with E-state index in [4.69, 9.17) is 4.74 Å². The molecule has 34 heavy (non-hydrogen) atoms. The fraction of sp³-hybridized carbons (Fsp3) is 1.00. The molecule has 1 saturated heterocycles. The molecule has 0 bridgehead atoms. The molecule has 204 valence electrons. The Balaban J connectivity index is 1.73. The first-order chi connectivity index (χ1) is 16.9. The highest BCUT2D eigenvalue weighted by Gasteiger charge is 2.24. The van der Waals surface area contributed by atoms with E-state index in [0.717, 1.165) is 0 Å². The summed E-state index contributed by atoms with van der Waals surface area (Å²) in [5.74, 6) is 0. The molecular formula is C33H66O. The third-order valence-electron chi connectivity index (χ3n) is 8.20. The lowest BCUT2D eigenvalue weighted by Gasteiger charge is -2.13. The lowest BCUT2D eigenvalue weighted by molar-refractivity contribution is 0.0335. The largest absolute Gasteiger partial charge is 0.375 e. The van der Waals surface area contributed by atoms with E-state index in [1.807, 2.05) is 0 Å². The van der Waals surface area contributed by atoms with Gasteiger partial charge < -0.3 is 4.74 Å². The van der Waals surface area contributed by atoms with Crippen LogP contribution in [0.1, 0.15) is 200 Å². The van der Waals surface area contributed by atoms with Crippen LogP contribution >= 0.6 is 0 Å². The topological polar surface area (TPSA) is 9.23 Å². The van der Waals surface area contributed by atoms with Crippen LogP contribution in [0, 0.1) is 0 Å². The molecule has 0 aromatic heterocycles. The average molecular weight is 479 g/mol. The van der Waals surface area contributed by atoms with Crippen LogP contribution in [0.15, 0.2) is 0 Å². The van der Waals surface area contributed by atoms with E-state index >= 15 is 0 Å². The maximum absolute atomic E-state index is 6.34. The van der Waals surface area contributed by atoms with E-state index in [1.54, 1.807) is 0 Å². The Morgan fingerprint density at radius 3 is 0.853 bits per heavy atom. The van der Waals surface area contributed by atoms with Gasteiger partial charge in [0.15, 0.2) is 0 Å². The standard InChI is InChI=1S/C33H66O/c1-3-5-7-9-11-12-13-14-15-16-17-18-19-20-21-23-25-27-29-33-31-30-32(34-33)28-26-24-22-10-8-6-4-2/h32-33H,3-31H2,1-2H3. The number of hydrogen-bond acceptors (Lipinski definition) is 1. The molecule has 2 unspecified atom stereocenters. The van der Waals surface area contributed by atoms with Gasteiger partial charge in [-0.3, -0.25) is 0 Å². The number of rotatable bonds is 27. The van der Waals surface area contributed by atoms with Crippen molar-refractivity contribution in [3.05, 3.63) is 0 Å². The summed E-state index contributed by atoms with van der Waals surface area (Å²) in [6.07, 6.45) is 42.7. The molecule has 1 aliphatic heterocycles. The second-order valence-corrected chi connectivity index (χ2v) is 11.7. The van der Waals surface area contributed by atoms with E-state index in [2.05, 4.69) is 13.8 Å². The molecule has 0 spiro atoms. The van der Waals surface area contributed by atoms with Gasteiger partial charge in [-0.1, -0.05) is 174 Å². The van der Waals surface area contributed by atoms with Crippen LogP contribution in [0.2, 0.25) is 0 Å². The van der Waals surface area contributed by atoms with Crippen molar-refractivity contribution in [2.24, 2.45) is 0 Å². The van der Waals surface area contributed by atoms with Crippen LogP contribution in [0.25, 0.3) is 0 Å². The van der Waals surface area contributed by atoms with E-state index < -0.39 is 0 Å². The fourth-order valence-electron chi connectivity index (χ4n) is 5.81. The molecule has 2 atom stereocenters. The molecule has 0 aromatic carbocycles. The van der Waals surface area contributed by atoms with E-state index in [9.17, 15) is 0 Å². The van der Waals surface area contributed by atoms with Crippen molar-refractivity contribution in [2.75, 3.05) is 0 Å². The minimum atomic E-state index is 0.593. The molecule has 0 aliphatic carbocycles. The van der Waals surface area contributed by atoms with Crippen molar-refractivity contribution in [1.29, 1.82) is 0 Å². The Kier molecular flexibility index (Phi) is 24.5. The molecule has 0 amide bonds. The van der Waals surface area contributed by atoms with Crippen molar-refractivity contribution < 1.29 is 4.74 Å². The lowest BCUT2D eigenvalue weighted by atomic mass is 10.0. The van der Waals surface area contributed by atoms with Crippen molar-refractivity contribution >= 4 is 0 Å². The molecule has 0 N–H and O–H groups in total. The predicted octanol–water partition coefficient (Wildman–Crippen LogP) is 12.1. The first-order valence-electron chi connectivity index (χ1n) is 16.5. The second kappa shape index (κ2) is 26.0. The van der Waals surface area contributed by atoms with Crippen molar-refractivity contribution in [2.45, 2.75) is 212 Å². The Morgan fingerprint density at radius 1 is 0.353 bits per heavy atom. The summed E-state index contributed by atoms with van der Waals surface area (Å²) >= 11 is 0. The van der Waals surface area contributed by atoms with Crippen LogP contribution in [-0.2, 0) is 4.74 Å². The minimum absolute atomic E-state index is 0.593. The maximum Gasteiger partial charge on any atom is 0.0579 e. The lowest BCUT2D eigenvalue weighted by Crippen LogP contribution is -2.10. The summed E-state index contributed by atoms with van der Waals surface area (Å²) in [4.78, 5) is 0. The summed E-state index contributed by atoms with van der Waals surface area (Å²) in [5.41, 5.74) is 0. The Hall–Kier alpha value is -0.0400. The molecule has 1 rings (SSSR count). The van der Waals surface area contributed by atoms with Gasteiger partial charge >= 0.3 is 0 Å². The third-order valence-corrected chi connectivity index (χ3v) is 8.20. The van der Waals surface area contributed by atoms with Gasteiger partial charge in [0, 0.05) is 0 Å². The smallest absolute Gasteiger partial charge is 0.0579 e. The zero-order valence-corrected chi connectivity index (χ0v) is 24.1. The van der Waals surface area contributed by atoms with Crippen molar-refractivity contribution in [1.82, 2.24) is 0 Å².